The number of rotatable bonds is 3. The first-order valence-electron chi connectivity index (χ1n) is 7.71. The minimum Gasteiger partial charge on any atom is -0.327 e. The standard InChI is InChI=1S/C17H23ClN4/c1-17(2)12-21(8-7-16(17)19)10-13-9-20-22(11-13)15-5-3-14(18)4-6-15/h3-6,9,11,16H,7-8,10,12,19H2,1-2H3. The summed E-state index contributed by atoms with van der Waals surface area (Å²) in [5.74, 6) is 0. The summed E-state index contributed by atoms with van der Waals surface area (Å²) >= 11 is 5.93. The number of benzene rings is 1. The first kappa shape index (κ1) is 15.5. The van der Waals surface area contributed by atoms with Crippen molar-refractivity contribution in [1.29, 1.82) is 0 Å². The quantitative estimate of drug-likeness (QED) is 0.946. The average Bonchev–Trinajstić information content (AvgIpc) is 2.92. The van der Waals surface area contributed by atoms with E-state index in [1.807, 2.05) is 35.1 Å². The molecule has 0 spiro atoms. The van der Waals surface area contributed by atoms with Crippen LogP contribution < -0.4 is 5.73 Å². The Morgan fingerprint density at radius 3 is 2.73 bits per heavy atom. The van der Waals surface area contributed by atoms with Gasteiger partial charge in [0, 0.05) is 42.5 Å². The molecule has 3 rings (SSSR count). The fraction of sp³-hybridized carbons (Fsp3) is 0.471. The highest BCUT2D eigenvalue weighted by atomic mass is 35.5. The summed E-state index contributed by atoms with van der Waals surface area (Å²) in [6.07, 6.45) is 5.08. The molecular formula is C17H23ClN4. The van der Waals surface area contributed by atoms with Crippen LogP contribution in [-0.2, 0) is 6.54 Å². The highest BCUT2D eigenvalue weighted by molar-refractivity contribution is 6.30. The van der Waals surface area contributed by atoms with Gasteiger partial charge in [-0.05, 0) is 36.1 Å². The van der Waals surface area contributed by atoms with Crippen LogP contribution in [0, 0.1) is 5.41 Å². The zero-order chi connectivity index (χ0) is 15.7. The van der Waals surface area contributed by atoms with Crippen LogP contribution in [0.1, 0.15) is 25.8 Å². The molecule has 2 aromatic rings. The molecule has 22 heavy (non-hydrogen) atoms. The molecule has 4 nitrogen and oxygen atoms in total. The van der Waals surface area contributed by atoms with Gasteiger partial charge in [-0.1, -0.05) is 25.4 Å². The van der Waals surface area contributed by atoms with E-state index in [0.717, 1.165) is 36.8 Å². The fourth-order valence-electron chi connectivity index (χ4n) is 3.05. The Morgan fingerprint density at radius 1 is 1.32 bits per heavy atom. The predicted octanol–water partition coefficient (Wildman–Crippen LogP) is 3.08. The zero-order valence-corrected chi connectivity index (χ0v) is 13.9. The molecule has 0 saturated carbocycles. The van der Waals surface area contributed by atoms with Crippen LogP contribution in [0.15, 0.2) is 36.7 Å². The molecule has 1 aliphatic heterocycles. The van der Waals surface area contributed by atoms with E-state index >= 15 is 0 Å². The molecule has 0 amide bonds. The van der Waals surface area contributed by atoms with Crippen LogP contribution in [-0.4, -0.2) is 33.8 Å². The molecule has 118 valence electrons. The van der Waals surface area contributed by atoms with Gasteiger partial charge in [0.1, 0.15) is 0 Å². The number of nitrogens with two attached hydrogens (primary N) is 1. The van der Waals surface area contributed by atoms with Gasteiger partial charge in [0.25, 0.3) is 0 Å². The minimum absolute atomic E-state index is 0.171. The van der Waals surface area contributed by atoms with Gasteiger partial charge in [-0.3, -0.25) is 4.90 Å². The molecule has 1 aromatic carbocycles. The Kier molecular flexibility index (Phi) is 4.26. The van der Waals surface area contributed by atoms with E-state index in [9.17, 15) is 0 Å². The number of nitrogens with zero attached hydrogens (tertiary/aromatic N) is 3. The molecule has 1 unspecified atom stereocenters. The van der Waals surface area contributed by atoms with Crippen molar-refractivity contribution in [3.8, 4) is 5.69 Å². The molecule has 1 aliphatic rings. The smallest absolute Gasteiger partial charge is 0.0646 e. The van der Waals surface area contributed by atoms with E-state index in [0.29, 0.717) is 6.04 Å². The number of aromatic nitrogens is 2. The SMILES string of the molecule is CC1(C)CN(Cc2cnn(-c3ccc(Cl)cc3)c2)CCC1N. The number of hydrogen-bond donors (Lipinski definition) is 1. The van der Waals surface area contributed by atoms with Crippen LogP contribution in [0.4, 0.5) is 0 Å². The van der Waals surface area contributed by atoms with Crippen LogP contribution >= 0.6 is 11.6 Å². The van der Waals surface area contributed by atoms with Gasteiger partial charge in [-0.25, -0.2) is 4.68 Å². The van der Waals surface area contributed by atoms with Crippen molar-refractivity contribution in [3.05, 3.63) is 47.2 Å². The molecule has 0 radical (unpaired) electrons. The van der Waals surface area contributed by atoms with E-state index < -0.39 is 0 Å². The molecule has 1 atom stereocenters. The van der Waals surface area contributed by atoms with Gasteiger partial charge in [0.2, 0.25) is 0 Å². The first-order valence-corrected chi connectivity index (χ1v) is 8.09. The average molecular weight is 319 g/mol. The summed E-state index contributed by atoms with van der Waals surface area (Å²) in [4.78, 5) is 2.46. The summed E-state index contributed by atoms with van der Waals surface area (Å²) < 4.78 is 1.90. The Balaban J connectivity index is 1.68. The summed E-state index contributed by atoms with van der Waals surface area (Å²) in [5, 5.41) is 5.19. The van der Waals surface area contributed by atoms with Crippen LogP contribution in [0.3, 0.4) is 0 Å². The van der Waals surface area contributed by atoms with Crippen molar-refractivity contribution in [3.63, 3.8) is 0 Å². The van der Waals surface area contributed by atoms with Gasteiger partial charge in [0.05, 0.1) is 11.9 Å². The van der Waals surface area contributed by atoms with E-state index in [-0.39, 0.29) is 5.41 Å². The molecule has 0 bridgehead atoms. The topological polar surface area (TPSA) is 47.1 Å². The van der Waals surface area contributed by atoms with Crippen molar-refractivity contribution in [1.82, 2.24) is 14.7 Å². The van der Waals surface area contributed by atoms with Crippen molar-refractivity contribution in [2.45, 2.75) is 32.9 Å². The lowest BCUT2D eigenvalue weighted by Gasteiger charge is -2.42. The number of hydrogen-bond acceptors (Lipinski definition) is 3. The Labute approximate surface area is 136 Å². The highest BCUT2D eigenvalue weighted by Crippen LogP contribution is 2.28. The highest BCUT2D eigenvalue weighted by Gasteiger charge is 2.33. The Hall–Kier alpha value is -1.36. The van der Waals surface area contributed by atoms with Crippen LogP contribution in [0.5, 0.6) is 0 Å². The largest absolute Gasteiger partial charge is 0.327 e. The third-order valence-corrected chi connectivity index (χ3v) is 4.78. The Morgan fingerprint density at radius 2 is 2.05 bits per heavy atom. The molecule has 1 aromatic heterocycles. The van der Waals surface area contributed by atoms with Gasteiger partial charge in [0.15, 0.2) is 0 Å². The van der Waals surface area contributed by atoms with Gasteiger partial charge >= 0.3 is 0 Å². The van der Waals surface area contributed by atoms with Crippen molar-refractivity contribution in [2.75, 3.05) is 13.1 Å². The van der Waals surface area contributed by atoms with Gasteiger partial charge < -0.3 is 5.73 Å². The van der Waals surface area contributed by atoms with Crippen molar-refractivity contribution >= 4 is 11.6 Å². The Bertz CT molecular complexity index is 632. The molecule has 2 N–H and O–H groups in total. The fourth-order valence-corrected chi connectivity index (χ4v) is 3.18. The summed E-state index contributed by atoms with van der Waals surface area (Å²) in [6.45, 7) is 7.50. The maximum atomic E-state index is 6.21. The number of likely N-dealkylation sites (tertiary alicyclic amines) is 1. The van der Waals surface area contributed by atoms with E-state index in [4.69, 9.17) is 17.3 Å². The van der Waals surface area contributed by atoms with E-state index in [2.05, 4.69) is 30.0 Å². The lowest BCUT2D eigenvalue weighted by Crippen LogP contribution is -2.51. The first-order chi connectivity index (χ1) is 10.4. The zero-order valence-electron chi connectivity index (χ0n) is 13.2. The van der Waals surface area contributed by atoms with Gasteiger partial charge in [-0.2, -0.15) is 5.10 Å². The van der Waals surface area contributed by atoms with Crippen molar-refractivity contribution < 1.29 is 0 Å². The molecule has 5 heteroatoms. The molecule has 2 heterocycles. The second-order valence-corrected chi connectivity index (χ2v) is 7.30. The number of halogens is 1. The third kappa shape index (κ3) is 3.35. The number of piperidine rings is 1. The summed E-state index contributed by atoms with van der Waals surface area (Å²) in [5.41, 5.74) is 8.63. The third-order valence-electron chi connectivity index (χ3n) is 4.52. The molecule has 1 saturated heterocycles. The second-order valence-electron chi connectivity index (χ2n) is 6.86. The minimum atomic E-state index is 0.171. The predicted molar refractivity (Wildman–Crippen MR) is 90.2 cm³/mol. The van der Waals surface area contributed by atoms with Crippen molar-refractivity contribution in [2.24, 2.45) is 11.1 Å². The second kappa shape index (κ2) is 6.03. The van der Waals surface area contributed by atoms with E-state index in [1.165, 1.54) is 5.56 Å². The monoisotopic (exact) mass is 318 g/mol. The van der Waals surface area contributed by atoms with E-state index in [1.54, 1.807) is 0 Å². The maximum absolute atomic E-state index is 6.21. The normalized spacial score (nSPS) is 21.9. The lowest BCUT2D eigenvalue weighted by molar-refractivity contribution is 0.0899. The van der Waals surface area contributed by atoms with Gasteiger partial charge in [-0.15, -0.1) is 0 Å². The van der Waals surface area contributed by atoms with Crippen LogP contribution in [0.2, 0.25) is 5.02 Å². The molecule has 0 aliphatic carbocycles. The molecule has 1 fully saturated rings. The lowest BCUT2D eigenvalue weighted by atomic mass is 9.79. The maximum Gasteiger partial charge on any atom is 0.0646 e. The van der Waals surface area contributed by atoms with Crippen LogP contribution in [0.25, 0.3) is 5.69 Å². The summed E-state index contributed by atoms with van der Waals surface area (Å²) in [6, 6.07) is 8.00. The molecular weight excluding hydrogens is 296 g/mol. The summed E-state index contributed by atoms with van der Waals surface area (Å²) in [7, 11) is 0.